The van der Waals surface area contributed by atoms with Gasteiger partial charge in [0, 0.05) is 29.7 Å². The summed E-state index contributed by atoms with van der Waals surface area (Å²) in [6, 6.07) is 11.3. The highest BCUT2D eigenvalue weighted by Gasteiger charge is 2.17. The maximum atomic E-state index is 13.4. The Morgan fingerprint density at radius 1 is 1.30 bits per heavy atom. The van der Waals surface area contributed by atoms with E-state index in [4.69, 9.17) is 11.1 Å². The van der Waals surface area contributed by atoms with E-state index in [1.165, 1.54) is 24.4 Å². The molecule has 1 unspecified atom stereocenters. The topological polar surface area (TPSA) is 83.9 Å². The highest BCUT2D eigenvalue weighted by molar-refractivity contribution is 6.12. The third kappa shape index (κ3) is 3.74. The largest absolute Gasteiger partial charge is 0.405 e. The summed E-state index contributed by atoms with van der Waals surface area (Å²) in [6.07, 6.45) is 4.56. The van der Waals surface area contributed by atoms with Gasteiger partial charge in [0.15, 0.2) is 0 Å². The fraction of sp³-hybridized carbons (Fsp3) is 0.143. The van der Waals surface area contributed by atoms with Crippen LogP contribution in [0.15, 0.2) is 60.9 Å². The normalized spacial score (nSPS) is 12.4. The van der Waals surface area contributed by atoms with Gasteiger partial charge in [-0.1, -0.05) is 18.2 Å². The molecule has 0 radical (unpaired) electrons. The van der Waals surface area contributed by atoms with E-state index < -0.39 is 0 Å². The quantitative estimate of drug-likeness (QED) is 0.604. The first-order chi connectivity index (χ1) is 12.9. The van der Waals surface area contributed by atoms with Crippen molar-refractivity contribution < 1.29 is 9.18 Å². The molecule has 1 atom stereocenters. The number of halogens is 1. The van der Waals surface area contributed by atoms with Crippen molar-refractivity contribution in [1.29, 1.82) is 5.41 Å². The number of carbonyl (C=O) groups excluding carboxylic acids is 1. The van der Waals surface area contributed by atoms with Crippen LogP contribution < -0.4 is 11.1 Å². The lowest BCUT2D eigenvalue weighted by Crippen LogP contribution is -2.26. The Labute approximate surface area is 156 Å². The fourth-order valence-corrected chi connectivity index (χ4v) is 3.07. The highest BCUT2D eigenvalue weighted by Crippen LogP contribution is 2.24. The van der Waals surface area contributed by atoms with Gasteiger partial charge in [-0.05, 0) is 49.0 Å². The third-order valence-corrected chi connectivity index (χ3v) is 4.50. The number of carbonyl (C=O) groups is 1. The second kappa shape index (κ2) is 7.45. The minimum Gasteiger partial charge on any atom is -0.405 e. The third-order valence-electron chi connectivity index (χ3n) is 4.50. The predicted molar refractivity (Wildman–Crippen MR) is 105 cm³/mol. The lowest BCUT2D eigenvalue weighted by Gasteiger charge is -2.14. The number of aromatic nitrogens is 1. The Morgan fingerprint density at radius 2 is 2.07 bits per heavy atom. The van der Waals surface area contributed by atoms with E-state index in [0.717, 1.165) is 10.9 Å². The Hall–Kier alpha value is -3.41. The van der Waals surface area contributed by atoms with E-state index in [-0.39, 0.29) is 23.5 Å². The molecule has 0 aliphatic rings. The van der Waals surface area contributed by atoms with Crippen molar-refractivity contribution in [3.8, 4) is 0 Å². The molecule has 1 amide bonds. The summed E-state index contributed by atoms with van der Waals surface area (Å²) >= 11 is 0. The van der Waals surface area contributed by atoms with E-state index in [1.807, 2.05) is 30.7 Å². The Balaban J connectivity index is 1.94. The second-order valence-corrected chi connectivity index (χ2v) is 6.41. The predicted octanol–water partition coefficient (Wildman–Crippen LogP) is 3.65. The maximum absolute atomic E-state index is 13.4. The summed E-state index contributed by atoms with van der Waals surface area (Å²) in [5.41, 5.74) is 8.38. The molecule has 0 spiro atoms. The molecule has 5 nitrogen and oxygen atoms in total. The SMILES string of the molecule is CC(NC(=O)c1cn(C)c2ccc(C(=N)/C=C\N)cc12)c1cccc(F)c1. The molecule has 27 heavy (non-hydrogen) atoms. The van der Waals surface area contributed by atoms with Gasteiger partial charge >= 0.3 is 0 Å². The number of aryl methyl sites for hydroxylation is 1. The number of nitrogens with zero attached hydrogens (tertiary/aromatic N) is 1. The van der Waals surface area contributed by atoms with Crippen LogP contribution in [0, 0.1) is 11.2 Å². The summed E-state index contributed by atoms with van der Waals surface area (Å²) in [7, 11) is 1.86. The Bertz CT molecular complexity index is 1050. The minimum absolute atomic E-state index is 0.254. The first kappa shape index (κ1) is 18.4. The summed E-state index contributed by atoms with van der Waals surface area (Å²) < 4.78 is 15.3. The molecule has 0 fully saturated rings. The van der Waals surface area contributed by atoms with Crippen molar-refractivity contribution in [3.63, 3.8) is 0 Å². The molecule has 3 rings (SSSR count). The van der Waals surface area contributed by atoms with Crippen LogP contribution in [0.5, 0.6) is 0 Å². The van der Waals surface area contributed by atoms with Gasteiger partial charge in [-0.2, -0.15) is 0 Å². The Kier molecular flexibility index (Phi) is 5.07. The molecule has 4 N–H and O–H groups in total. The zero-order chi connectivity index (χ0) is 19.6. The number of allylic oxidation sites excluding steroid dienone is 1. The average Bonchev–Trinajstić information content (AvgIpc) is 2.98. The van der Waals surface area contributed by atoms with Crippen LogP contribution in [0.4, 0.5) is 4.39 Å². The number of fused-ring (bicyclic) bond motifs is 1. The van der Waals surface area contributed by atoms with Crippen molar-refractivity contribution in [1.82, 2.24) is 9.88 Å². The van der Waals surface area contributed by atoms with Crippen molar-refractivity contribution in [3.05, 3.63) is 83.4 Å². The molecule has 138 valence electrons. The van der Waals surface area contributed by atoms with Crippen LogP contribution in [-0.4, -0.2) is 16.2 Å². The van der Waals surface area contributed by atoms with Crippen molar-refractivity contribution in [2.45, 2.75) is 13.0 Å². The number of nitrogens with one attached hydrogen (secondary N) is 2. The van der Waals surface area contributed by atoms with E-state index >= 15 is 0 Å². The van der Waals surface area contributed by atoms with Gasteiger partial charge in [0.1, 0.15) is 5.82 Å². The lowest BCUT2D eigenvalue weighted by molar-refractivity contribution is 0.0941. The zero-order valence-electron chi connectivity index (χ0n) is 15.2. The summed E-state index contributed by atoms with van der Waals surface area (Å²) in [4.78, 5) is 12.8. The number of rotatable bonds is 5. The van der Waals surface area contributed by atoms with Crippen LogP contribution in [0.1, 0.15) is 34.5 Å². The number of amides is 1. The van der Waals surface area contributed by atoms with Crippen LogP contribution >= 0.6 is 0 Å². The number of hydrogen-bond donors (Lipinski definition) is 3. The van der Waals surface area contributed by atoms with Gasteiger partial charge in [-0.25, -0.2) is 4.39 Å². The van der Waals surface area contributed by atoms with Gasteiger partial charge in [-0.3, -0.25) is 4.79 Å². The van der Waals surface area contributed by atoms with Crippen LogP contribution in [0.2, 0.25) is 0 Å². The van der Waals surface area contributed by atoms with Gasteiger partial charge in [0.2, 0.25) is 0 Å². The first-order valence-electron chi connectivity index (χ1n) is 8.53. The van der Waals surface area contributed by atoms with Crippen molar-refractivity contribution in [2.75, 3.05) is 0 Å². The van der Waals surface area contributed by atoms with E-state index in [0.29, 0.717) is 16.7 Å². The molecule has 0 aliphatic heterocycles. The van der Waals surface area contributed by atoms with E-state index in [2.05, 4.69) is 5.32 Å². The second-order valence-electron chi connectivity index (χ2n) is 6.41. The number of hydrogen-bond acceptors (Lipinski definition) is 3. The molecule has 0 saturated carbocycles. The molecule has 3 aromatic rings. The number of benzene rings is 2. The van der Waals surface area contributed by atoms with Crippen molar-refractivity contribution >= 4 is 22.5 Å². The molecule has 0 saturated heterocycles. The van der Waals surface area contributed by atoms with E-state index in [1.54, 1.807) is 24.4 Å². The van der Waals surface area contributed by atoms with Gasteiger partial charge in [0.25, 0.3) is 5.91 Å². The molecule has 2 aromatic carbocycles. The standard InChI is InChI=1S/C21H21FN4O/c1-13(14-4-3-5-16(22)10-14)25-21(27)18-12-26(2)20-7-6-15(11-17(18)20)19(24)8-9-23/h3-13,24H,23H2,1-2H3,(H,25,27)/b9-8-,24-19?. The highest BCUT2D eigenvalue weighted by atomic mass is 19.1. The monoisotopic (exact) mass is 364 g/mol. The van der Waals surface area contributed by atoms with Crippen LogP contribution in [0.25, 0.3) is 10.9 Å². The zero-order valence-corrected chi connectivity index (χ0v) is 15.2. The lowest BCUT2D eigenvalue weighted by atomic mass is 10.0. The average molecular weight is 364 g/mol. The van der Waals surface area contributed by atoms with Gasteiger partial charge < -0.3 is 21.0 Å². The molecular formula is C21H21FN4O. The van der Waals surface area contributed by atoms with Crippen LogP contribution in [0.3, 0.4) is 0 Å². The maximum Gasteiger partial charge on any atom is 0.253 e. The molecule has 0 aliphatic carbocycles. The van der Waals surface area contributed by atoms with Crippen molar-refractivity contribution in [2.24, 2.45) is 12.8 Å². The van der Waals surface area contributed by atoms with Gasteiger partial charge in [0.05, 0.1) is 17.3 Å². The fourth-order valence-electron chi connectivity index (χ4n) is 3.07. The molecule has 1 heterocycles. The molecule has 6 heteroatoms. The van der Waals surface area contributed by atoms with Gasteiger partial charge in [-0.15, -0.1) is 0 Å². The summed E-state index contributed by atoms with van der Waals surface area (Å²) in [5.74, 6) is -0.592. The van der Waals surface area contributed by atoms with Crippen LogP contribution in [-0.2, 0) is 7.05 Å². The smallest absolute Gasteiger partial charge is 0.253 e. The van der Waals surface area contributed by atoms with E-state index in [9.17, 15) is 9.18 Å². The first-order valence-corrected chi connectivity index (χ1v) is 8.53. The minimum atomic E-state index is -0.342. The summed E-state index contributed by atoms with van der Waals surface area (Å²) in [6.45, 7) is 1.81. The molecule has 1 aromatic heterocycles. The summed E-state index contributed by atoms with van der Waals surface area (Å²) in [5, 5.41) is 11.7. The molecule has 0 bridgehead atoms. The molecular weight excluding hydrogens is 343 g/mol. The Morgan fingerprint density at radius 3 is 2.78 bits per heavy atom. The number of nitrogens with two attached hydrogens (primary N) is 1.